The molecule has 0 aromatic heterocycles. The van der Waals surface area contributed by atoms with E-state index in [1.807, 2.05) is 6.07 Å². The minimum atomic E-state index is 0.184. The molecule has 3 atom stereocenters. The maximum Gasteiger partial charge on any atom is 0.223 e. The Labute approximate surface area is 133 Å². The monoisotopic (exact) mass is 301 g/mol. The molecule has 1 unspecified atom stereocenters. The molecule has 1 aromatic rings. The molecule has 120 valence electrons. The van der Waals surface area contributed by atoms with Gasteiger partial charge in [0.1, 0.15) is 0 Å². The van der Waals surface area contributed by atoms with Crippen LogP contribution >= 0.6 is 0 Å². The van der Waals surface area contributed by atoms with Crippen LogP contribution in [0.4, 0.5) is 5.69 Å². The number of hydrogen-bond donors (Lipinski definition) is 2. The first-order chi connectivity index (χ1) is 10.7. The van der Waals surface area contributed by atoms with Gasteiger partial charge in [0.2, 0.25) is 5.91 Å². The predicted octanol–water partition coefficient (Wildman–Crippen LogP) is 2.16. The van der Waals surface area contributed by atoms with Crippen molar-refractivity contribution in [3.05, 3.63) is 30.3 Å². The van der Waals surface area contributed by atoms with Crippen molar-refractivity contribution in [3.63, 3.8) is 0 Å². The Kier molecular flexibility index (Phi) is 4.98. The highest BCUT2D eigenvalue weighted by Crippen LogP contribution is 2.21. The van der Waals surface area contributed by atoms with Gasteiger partial charge in [-0.05, 0) is 51.3 Å². The highest BCUT2D eigenvalue weighted by molar-refractivity contribution is 5.79. The number of para-hydroxylation sites is 1. The van der Waals surface area contributed by atoms with Crippen molar-refractivity contribution in [2.24, 2.45) is 5.92 Å². The quantitative estimate of drug-likeness (QED) is 0.899. The summed E-state index contributed by atoms with van der Waals surface area (Å²) in [4.78, 5) is 14.9. The number of amides is 1. The van der Waals surface area contributed by atoms with E-state index in [1.165, 1.54) is 5.69 Å². The molecule has 2 fully saturated rings. The van der Waals surface area contributed by atoms with Crippen LogP contribution in [-0.2, 0) is 4.79 Å². The lowest BCUT2D eigenvalue weighted by Crippen LogP contribution is -2.51. The van der Waals surface area contributed by atoms with Crippen molar-refractivity contribution in [1.29, 1.82) is 0 Å². The zero-order chi connectivity index (χ0) is 15.4. The highest BCUT2D eigenvalue weighted by Gasteiger charge is 2.28. The number of anilines is 1. The first kappa shape index (κ1) is 15.3. The molecule has 0 bridgehead atoms. The average molecular weight is 301 g/mol. The SMILES string of the molecule is C[C@H]1C[C@@H](C(=O)NC2CCCN(c3ccccc3)C2)CCN1. The second kappa shape index (κ2) is 7.14. The fourth-order valence-corrected chi connectivity index (χ4v) is 3.66. The van der Waals surface area contributed by atoms with Gasteiger partial charge in [0.15, 0.2) is 0 Å². The molecule has 2 aliphatic rings. The molecule has 0 spiro atoms. The number of nitrogens with one attached hydrogen (secondary N) is 2. The zero-order valence-corrected chi connectivity index (χ0v) is 13.4. The predicted molar refractivity (Wildman–Crippen MR) is 90.0 cm³/mol. The second-order valence-corrected chi connectivity index (χ2v) is 6.71. The van der Waals surface area contributed by atoms with Gasteiger partial charge in [-0.15, -0.1) is 0 Å². The first-order valence-electron chi connectivity index (χ1n) is 8.56. The summed E-state index contributed by atoms with van der Waals surface area (Å²) in [6.07, 6.45) is 4.16. The van der Waals surface area contributed by atoms with Crippen LogP contribution < -0.4 is 15.5 Å². The molecule has 1 aromatic carbocycles. The summed E-state index contributed by atoms with van der Waals surface area (Å²) in [5, 5.41) is 6.71. The van der Waals surface area contributed by atoms with Crippen LogP contribution in [0, 0.1) is 5.92 Å². The Hall–Kier alpha value is -1.55. The minimum Gasteiger partial charge on any atom is -0.369 e. The van der Waals surface area contributed by atoms with Crippen LogP contribution in [0.1, 0.15) is 32.6 Å². The van der Waals surface area contributed by atoms with E-state index in [1.54, 1.807) is 0 Å². The van der Waals surface area contributed by atoms with E-state index in [0.717, 1.165) is 45.3 Å². The lowest BCUT2D eigenvalue weighted by atomic mass is 9.92. The lowest BCUT2D eigenvalue weighted by molar-refractivity contribution is -0.126. The van der Waals surface area contributed by atoms with E-state index in [9.17, 15) is 4.79 Å². The summed E-state index contributed by atoms with van der Waals surface area (Å²) in [5.74, 6) is 0.441. The van der Waals surface area contributed by atoms with Gasteiger partial charge >= 0.3 is 0 Å². The summed E-state index contributed by atoms with van der Waals surface area (Å²) in [5.41, 5.74) is 1.26. The standard InChI is InChI=1S/C18H27N3O/c1-14-12-15(9-10-19-14)18(22)20-16-6-5-11-21(13-16)17-7-3-2-4-8-17/h2-4,7-8,14-16,19H,5-6,9-13H2,1H3,(H,20,22)/t14-,15-,16?/m0/s1. The van der Waals surface area contributed by atoms with E-state index in [2.05, 4.69) is 46.7 Å². The summed E-state index contributed by atoms with van der Waals surface area (Å²) in [6, 6.07) is 11.2. The average Bonchev–Trinajstić information content (AvgIpc) is 2.56. The number of piperidine rings is 2. The van der Waals surface area contributed by atoms with Crippen LogP contribution in [-0.4, -0.2) is 37.6 Å². The number of benzene rings is 1. The largest absolute Gasteiger partial charge is 0.369 e. The third kappa shape index (κ3) is 3.80. The first-order valence-corrected chi connectivity index (χ1v) is 8.56. The Morgan fingerprint density at radius 1 is 1.27 bits per heavy atom. The van der Waals surface area contributed by atoms with Crippen molar-refractivity contribution in [2.45, 2.75) is 44.7 Å². The van der Waals surface area contributed by atoms with E-state index in [-0.39, 0.29) is 17.9 Å². The van der Waals surface area contributed by atoms with Crippen LogP contribution in [0.2, 0.25) is 0 Å². The van der Waals surface area contributed by atoms with Gasteiger partial charge in [-0.1, -0.05) is 18.2 Å². The highest BCUT2D eigenvalue weighted by atomic mass is 16.2. The van der Waals surface area contributed by atoms with Crippen LogP contribution in [0.5, 0.6) is 0 Å². The molecule has 4 heteroatoms. The molecule has 1 amide bonds. The fourth-order valence-electron chi connectivity index (χ4n) is 3.66. The van der Waals surface area contributed by atoms with E-state index >= 15 is 0 Å². The molecular formula is C18H27N3O. The van der Waals surface area contributed by atoms with Gasteiger partial charge in [-0.3, -0.25) is 4.79 Å². The molecule has 2 N–H and O–H groups in total. The van der Waals surface area contributed by atoms with Crippen molar-refractivity contribution in [3.8, 4) is 0 Å². The number of rotatable bonds is 3. The summed E-state index contributed by atoms with van der Waals surface area (Å²) >= 11 is 0. The van der Waals surface area contributed by atoms with E-state index < -0.39 is 0 Å². The molecule has 22 heavy (non-hydrogen) atoms. The van der Waals surface area contributed by atoms with Gasteiger partial charge in [-0.25, -0.2) is 0 Å². The third-order valence-corrected chi connectivity index (χ3v) is 4.88. The summed E-state index contributed by atoms with van der Waals surface area (Å²) in [6.45, 7) is 5.13. The number of nitrogens with zero attached hydrogens (tertiary/aromatic N) is 1. The normalized spacial score (nSPS) is 29.1. The fraction of sp³-hybridized carbons (Fsp3) is 0.611. The van der Waals surface area contributed by atoms with Gasteiger partial charge in [0, 0.05) is 36.8 Å². The van der Waals surface area contributed by atoms with Crippen LogP contribution in [0.3, 0.4) is 0 Å². The topological polar surface area (TPSA) is 44.4 Å². The molecule has 3 rings (SSSR count). The van der Waals surface area contributed by atoms with Gasteiger partial charge in [0.05, 0.1) is 0 Å². The Bertz CT molecular complexity index is 490. The van der Waals surface area contributed by atoms with Crippen molar-refractivity contribution in [1.82, 2.24) is 10.6 Å². The molecule has 2 aliphatic heterocycles. The number of hydrogen-bond acceptors (Lipinski definition) is 3. The summed E-state index contributed by atoms with van der Waals surface area (Å²) < 4.78 is 0. The smallest absolute Gasteiger partial charge is 0.223 e. The Balaban J connectivity index is 1.55. The molecule has 4 nitrogen and oxygen atoms in total. The van der Waals surface area contributed by atoms with Crippen molar-refractivity contribution >= 4 is 11.6 Å². The van der Waals surface area contributed by atoms with E-state index in [0.29, 0.717) is 6.04 Å². The minimum absolute atomic E-state index is 0.184. The number of carbonyl (C=O) groups is 1. The Morgan fingerprint density at radius 3 is 2.86 bits per heavy atom. The zero-order valence-electron chi connectivity index (χ0n) is 13.4. The molecule has 0 radical (unpaired) electrons. The van der Waals surface area contributed by atoms with Gasteiger partial charge in [-0.2, -0.15) is 0 Å². The molecule has 2 heterocycles. The maximum atomic E-state index is 12.5. The summed E-state index contributed by atoms with van der Waals surface area (Å²) in [7, 11) is 0. The van der Waals surface area contributed by atoms with Gasteiger partial charge < -0.3 is 15.5 Å². The van der Waals surface area contributed by atoms with Crippen LogP contribution in [0.25, 0.3) is 0 Å². The lowest BCUT2D eigenvalue weighted by Gasteiger charge is -2.36. The second-order valence-electron chi connectivity index (χ2n) is 6.71. The third-order valence-electron chi connectivity index (χ3n) is 4.88. The van der Waals surface area contributed by atoms with Gasteiger partial charge in [0.25, 0.3) is 0 Å². The Morgan fingerprint density at radius 2 is 2.09 bits per heavy atom. The number of carbonyl (C=O) groups excluding carboxylic acids is 1. The van der Waals surface area contributed by atoms with Crippen molar-refractivity contribution in [2.75, 3.05) is 24.5 Å². The molecule has 2 saturated heterocycles. The van der Waals surface area contributed by atoms with E-state index in [4.69, 9.17) is 0 Å². The molecule has 0 saturated carbocycles. The van der Waals surface area contributed by atoms with Crippen LogP contribution in [0.15, 0.2) is 30.3 Å². The molecule has 0 aliphatic carbocycles. The molecular weight excluding hydrogens is 274 g/mol. The maximum absolute atomic E-state index is 12.5. The van der Waals surface area contributed by atoms with Crippen molar-refractivity contribution < 1.29 is 4.79 Å².